The van der Waals surface area contributed by atoms with Crippen LogP contribution in [0.2, 0.25) is 0 Å². The minimum Gasteiger partial charge on any atom is -0.493 e. The SMILES string of the molecule is COc1ccc(NC(=O)CCC2CCNCC2)cc1OCC(F)(F)F. The van der Waals surface area contributed by atoms with Crippen LogP contribution < -0.4 is 20.1 Å². The van der Waals surface area contributed by atoms with Crippen molar-refractivity contribution in [3.8, 4) is 11.5 Å². The summed E-state index contributed by atoms with van der Waals surface area (Å²) in [5, 5.41) is 5.97. The van der Waals surface area contributed by atoms with E-state index in [9.17, 15) is 18.0 Å². The molecule has 0 saturated carbocycles. The molecule has 0 radical (unpaired) electrons. The number of anilines is 1. The molecule has 1 heterocycles. The molecule has 1 fully saturated rings. The lowest BCUT2D eigenvalue weighted by molar-refractivity contribution is -0.153. The van der Waals surface area contributed by atoms with Gasteiger partial charge in [0.1, 0.15) is 0 Å². The number of carbonyl (C=O) groups excluding carboxylic acids is 1. The third-order valence-corrected chi connectivity index (χ3v) is 4.08. The van der Waals surface area contributed by atoms with Crippen LogP contribution in [-0.4, -0.2) is 38.9 Å². The Morgan fingerprint density at radius 3 is 2.64 bits per heavy atom. The zero-order valence-corrected chi connectivity index (χ0v) is 14.1. The van der Waals surface area contributed by atoms with Crippen molar-refractivity contribution in [3.63, 3.8) is 0 Å². The summed E-state index contributed by atoms with van der Waals surface area (Å²) in [5.41, 5.74) is 0.383. The number of amides is 1. The van der Waals surface area contributed by atoms with E-state index in [1.54, 1.807) is 6.07 Å². The molecular weight excluding hydrogens is 337 g/mol. The van der Waals surface area contributed by atoms with Crippen molar-refractivity contribution < 1.29 is 27.4 Å². The number of benzene rings is 1. The summed E-state index contributed by atoms with van der Waals surface area (Å²) < 4.78 is 46.7. The number of carbonyl (C=O) groups is 1. The molecule has 1 aliphatic rings. The van der Waals surface area contributed by atoms with E-state index < -0.39 is 12.8 Å². The second-order valence-electron chi connectivity index (χ2n) is 6.05. The second-order valence-corrected chi connectivity index (χ2v) is 6.05. The Balaban J connectivity index is 1.90. The molecule has 2 N–H and O–H groups in total. The third-order valence-electron chi connectivity index (χ3n) is 4.08. The summed E-state index contributed by atoms with van der Waals surface area (Å²) in [5.74, 6) is 0.493. The number of nitrogens with one attached hydrogen (secondary N) is 2. The molecule has 1 aromatic carbocycles. The Hall–Kier alpha value is -1.96. The van der Waals surface area contributed by atoms with Gasteiger partial charge in [-0.25, -0.2) is 0 Å². The van der Waals surface area contributed by atoms with Crippen LogP contribution in [0.25, 0.3) is 0 Å². The molecule has 0 atom stereocenters. The molecule has 8 heteroatoms. The van der Waals surface area contributed by atoms with E-state index >= 15 is 0 Å². The Labute approximate surface area is 144 Å². The first-order valence-electron chi connectivity index (χ1n) is 8.25. The minimum atomic E-state index is -4.45. The van der Waals surface area contributed by atoms with Crippen LogP contribution in [0.3, 0.4) is 0 Å². The minimum absolute atomic E-state index is 0.0593. The Morgan fingerprint density at radius 2 is 2.00 bits per heavy atom. The van der Waals surface area contributed by atoms with Crippen molar-refractivity contribution in [2.24, 2.45) is 5.92 Å². The van der Waals surface area contributed by atoms with Gasteiger partial charge in [0.15, 0.2) is 18.1 Å². The van der Waals surface area contributed by atoms with Crippen LogP contribution in [0.4, 0.5) is 18.9 Å². The van der Waals surface area contributed by atoms with Crippen molar-refractivity contribution >= 4 is 11.6 Å². The summed E-state index contributed by atoms with van der Waals surface area (Å²) in [6, 6.07) is 4.38. The van der Waals surface area contributed by atoms with Gasteiger partial charge >= 0.3 is 6.18 Å². The molecule has 0 unspecified atom stereocenters. The summed E-state index contributed by atoms with van der Waals surface area (Å²) in [6.07, 6.45) is -1.13. The van der Waals surface area contributed by atoms with Gasteiger partial charge in [-0.1, -0.05) is 0 Å². The lowest BCUT2D eigenvalue weighted by Crippen LogP contribution is -2.28. The number of piperidine rings is 1. The Morgan fingerprint density at radius 1 is 1.28 bits per heavy atom. The average molecular weight is 360 g/mol. The van der Waals surface area contributed by atoms with E-state index in [0.29, 0.717) is 18.0 Å². The Kier molecular flexibility index (Phi) is 6.92. The van der Waals surface area contributed by atoms with E-state index in [4.69, 9.17) is 9.47 Å². The van der Waals surface area contributed by atoms with E-state index in [2.05, 4.69) is 10.6 Å². The van der Waals surface area contributed by atoms with E-state index in [1.807, 2.05) is 0 Å². The van der Waals surface area contributed by atoms with Gasteiger partial charge in [0, 0.05) is 18.2 Å². The standard InChI is InChI=1S/C17H23F3N2O3/c1-24-14-4-3-13(10-15(14)25-11-17(18,19)20)22-16(23)5-2-12-6-8-21-9-7-12/h3-4,10,12,21H,2,5-9,11H2,1H3,(H,22,23). The molecule has 1 aliphatic heterocycles. The molecule has 140 valence electrons. The molecular formula is C17H23F3N2O3. The van der Waals surface area contributed by atoms with Crippen LogP contribution in [0, 0.1) is 5.92 Å². The molecule has 5 nitrogen and oxygen atoms in total. The van der Waals surface area contributed by atoms with E-state index in [0.717, 1.165) is 32.4 Å². The van der Waals surface area contributed by atoms with Gasteiger partial charge in [-0.15, -0.1) is 0 Å². The zero-order valence-electron chi connectivity index (χ0n) is 14.1. The second kappa shape index (κ2) is 8.94. The van der Waals surface area contributed by atoms with Crippen molar-refractivity contribution in [3.05, 3.63) is 18.2 Å². The molecule has 1 amide bonds. The number of hydrogen-bond donors (Lipinski definition) is 2. The fraction of sp³-hybridized carbons (Fsp3) is 0.588. The highest BCUT2D eigenvalue weighted by Gasteiger charge is 2.29. The molecule has 0 aliphatic carbocycles. The predicted octanol–water partition coefficient (Wildman–Crippen LogP) is 3.35. The van der Waals surface area contributed by atoms with Gasteiger partial charge in [0.2, 0.25) is 5.91 Å². The van der Waals surface area contributed by atoms with Crippen LogP contribution in [-0.2, 0) is 4.79 Å². The molecule has 0 aromatic heterocycles. The molecule has 1 saturated heterocycles. The number of halogens is 3. The fourth-order valence-electron chi connectivity index (χ4n) is 2.76. The van der Waals surface area contributed by atoms with E-state index in [1.165, 1.54) is 19.2 Å². The normalized spacial score (nSPS) is 15.7. The largest absolute Gasteiger partial charge is 0.493 e. The fourth-order valence-corrected chi connectivity index (χ4v) is 2.76. The van der Waals surface area contributed by atoms with Crippen LogP contribution >= 0.6 is 0 Å². The molecule has 25 heavy (non-hydrogen) atoms. The average Bonchev–Trinajstić information content (AvgIpc) is 2.58. The quantitative estimate of drug-likeness (QED) is 0.783. The van der Waals surface area contributed by atoms with Gasteiger partial charge in [0.05, 0.1) is 7.11 Å². The molecule has 2 rings (SSSR count). The number of ether oxygens (including phenoxy) is 2. The topological polar surface area (TPSA) is 59.6 Å². The summed E-state index contributed by atoms with van der Waals surface area (Å²) in [7, 11) is 1.34. The highest BCUT2D eigenvalue weighted by atomic mass is 19.4. The monoisotopic (exact) mass is 360 g/mol. The molecule has 1 aromatic rings. The first kappa shape index (κ1) is 19.4. The summed E-state index contributed by atoms with van der Waals surface area (Å²) >= 11 is 0. The zero-order chi connectivity index (χ0) is 18.3. The Bertz CT molecular complexity index is 573. The summed E-state index contributed by atoms with van der Waals surface area (Å²) in [4.78, 5) is 12.1. The van der Waals surface area contributed by atoms with Crippen molar-refractivity contribution in [1.29, 1.82) is 0 Å². The highest BCUT2D eigenvalue weighted by molar-refractivity contribution is 5.91. The van der Waals surface area contributed by atoms with Crippen molar-refractivity contribution in [2.45, 2.75) is 31.9 Å². The van der Waals surface area contributed by atoms with Crippen molar-refractivity contribution in [2.75, 3.05) is 32.1 Å². The van der Waals surface area contributed by atoms with Gasteiger partial charge in [-0.2, -0.15) is 13.2 Å². The van der Waals surface area contributed by atoms with Crippen molar-refractivity contribution in [1.82, 2.24) is 5.32 Å². The van der Waals surface area contributed by atoms with Gasteiger partial charge < -0.3 is 20.1 Å². The number of rotatable bonds is 7. The highest BCUT2D eigenvalue weighted by Crippen LogP contribution is 2.31. The number of hydrogen-bond acceptors (Lipinski definition) is 4. The predicted molar refractivity (Wildman–Crippen MR) is 88.0 cm³/mol. The lowest BCUT2D eigenvalue weighted by atomic mass is 9.93. The smallest absolute Gasteiger partial charge is 0.422 e. The molecule has 0 bridgehead atoms. The third kappa shape index (κ3) is 6.81. The molecule has 0 spiro atoms. The van der Waals surface area contributed by atoms with Gasteiger partial charge in [-0.05, 0) is 50.4 Å². The number of methoxy groups -OCH3 is 1. The maximum atomic E-state index is 12.3. The maximum absolute atomic E-state index is 12.3. The van der Waals surface area contributed by atoms with Gasteiger partial charge in [-0.3, -0.25) is 4.79 Å². The summed E-state index contributed by atoms with van der Waals surface area (Å²) in [6.45, 7) is 0.534. The van der Waals surface area contributed by atoms with Gasteiger partial charge in [0.25, 0.3) is 0 Å². The van der Waals surface area contributed by atoms with Crippen LogP contribution in [0.1, 0.15) is 25.7 Å². The number of alkyl halides is 3. The van der Waals surface area contributed by atoms with Crippen LogP contribution in [0.15, 0.2) is 18.2 Å². The maximum Gasteiger partial charge on any atom is 0.422 e. The van der Waals surface area contributed by atoms with Crippen LogP contribution in [0.5, 0.6) is 11.5 Å². The lowest BCUT2D eigenvalue weighted by Gasteiger charge is -2.22. The van der Waals surface area contributed by atoms with E-state index in [-0.39, 0.29) is 17.4 Å². The first-order chi connectivity index (χ1) is 11.9. The first-order valence-corrected chi connectivity index (χ1v) is 8.25.